The van der Waals surface area contributed by atoms with Crippen LogP contribution < -0.4 is 5.56 Å². The second-order valence-corrected chi connectivity index (χ2v) is 6.49. The highest BCUT2D eigenvalue weighted by atomic mass is 16.3. The Morgan fingerprint density at radius 2 is 2.00 bits per heavy atom. The molecular weight excluding hydrogens is 278 g/mol. The largest absolute Gasteiger partial charge is 0.388 e. The Labute approximate surface area is 131 Å². The molecule has 22 heavy (non-hydrogen) atoms. The van der Waals surface area contributed by atoms with E-state index in [2.05, 4.69) is 12.0 Å². The van der Waals surface area contributed by atoms with Crippen LogP contribution in [0.5, 0.6) is 0 Å². The van der Waals surface area contributed by atoms with Crippen molar-refractivity contribution in [1.82, 2.24) is 9.78 Å². The lowest BCUT2D eigenvalue weighted by Gasteiger charge is -2.35. The quantitative estimate of drug-likeness (QED) is 0.924. The van der Waals surface area contributed by atoms with E-state index >= 15 is 0 Å². The summed E-state index contributed by atoms with van der Waals surface area (Å²) >= 11 is 0. The van der Waals surface area contributed by atoms with Gasteiger partial charge >= 0.3 is 0 Å². The van der Waals surface area contributed by atoms with Crippen LogP contribution in [0.2, 0.25) is 0 Å². The number of hydrogen-bond acceptors (Lipinski definition) is 4. The van der Waals surface area contributed by atoms with Gasteiger partial charge in [0, 0.05) is 0 Å². The zero-order chi connectivity index (χ0) is 16.3. The van der Waals surface area contributed by atoms with Gasteiger partial charge < -0.3 is 5.11 Å². The Bertz CT molecular complexity index is 635. The van der Waals surface area contributed by atoms with Crippen molar-refractivity contribution in [3.8, 4) is 6.07 Å². The maximum absolute atomic E-state index is 12.5. The third-order valence-electron chi connectivity index (χ3n) is 4.79. The lowest BCUT2D eigenvalue weighted by molar-refractivity contribution is -0.0256. The fraction of sp³-hybridized carbons (Fsp3) is 0.706. The van der Waals surface area contributed by atoms with Crippen LogP contribution in [0.1, 0.15) is 63.3 Å². The third-order valence-corrected chi connectivity index (χ3v) is 4.79. The second-order valence-electron chi connectivity index (χ2n) is 6.49. The molecule has 1 N–H and O–H groups in total. The summed E-state index contributed by atoms with van der Waals surface area (Å²) in [6.45, 7) is 6.26. The molecule has 1 aromatic heterocycles. The molecule has 0 aromatic carbocycles. The fourth-order valence-corrected chi connectivity index (χ4v) is 3.28. The van der Waals surface area contributed by atoms with Gasteiger partial charge in [0.05, 0.1) is 17.8 Å². The summed E-state index contributed by atoms with van der Waals surface area (Å²) in [6.07, 6.45) is 4.58. The highest BCUT2D eigenvalue weighted by molar-refractivity contribution is 5.38. The standard InChI is InChI=1S/C17H25N3O2/c1-4-13-14(10-18)16(21)20(19-15(13)5-2)11-17(22)8-6-12(3)7-9-17/h12,22H,4-9,11H2,1-3H3. The van der Waals surface area contributed by atoms with Crippen molar-refractivity contribution in [1.29, 1.82) is 5.26 Å². The Morgan fingerprint density at radius 3 is 2.50 bits per heavy atom. The normalized spacial score (nSPS) is 25.0. The maximum atomic E-state index is 12.5. The highest BCUT2D eigenvalue weighted by Crippen LogP contribution is 2.32. The van der Waals surface area contributed by atoms with Gasteiger partial charge in [-0.05, 0) is 50.0 Å². The van der Waals surface area contributed by atoms with Crippen molar-refractivity contribution >= 4 is 0 Å². The van der Waals surface area contributed by atoms with E-state index in [0.717, 1.165) is 24.1 Å². The Morgan fingerprint density at radius 1 is 1.36 bits per heavy atom. The number of aryl methyl sites for hydroxylation is 1. The lowest BCUT2D eigenvalue weighted by Crippen LogP contribution is -2.42. The van der Waals surface area contributed by atoms with E-state index in [4.69, 9.17) is 0 Å². The first-order chi connectivity index (χ1) is 10.4. The van der Waals surface area contributed by atoms with Crippen LogP contribution in [0, 0.1) is 17.2 Å². The number of rotatable bonds is 4. The van der Waals surface area contributed by atoms with Gasteiger partial charge in [-0.15, -0.1) is 0 Å². The first-order valence-corrected chi connectivity index (χ1v) is 8.19. The van der Waals surface area contributed by atoms with E-state index < -0.39 is 5.60 Å². The highest BCUT2D eigenvalue weighted by Gasteiger charge is 2.33. The Hall–Kier alpha value is -1.67. The van der Waals surface area contributed by atoms with E-state index in [1.807, 2.05) is 19.9 Å². The van der Waals surface area contributed by atoms with Crippen molar-refractivity contribution in [3.05, 3.63) is 27.2 Å². The molecule has 0 unspecified atom stereocenters. The van der Waals surface area contributed by atoms with E-state index in [-0.39, 0.29) is 17.7 Å². The number of nitriles is 1. The van der Waals surface area contributed by atoms with Crippen LogP contribution in [0.4, 0.5) is 0 Å². The molecule has 0 spiro atoms. The molecule has 1 aliphatic carbocycles. The van der Waals surface area contributed by atoms with Crippen LogP contribution in [0.25, 0.3) is 0 Å². The molecule has 0 bridgehead atoms. The summed E-state index contributed by atoms with van der Waals surface area (Å²) in [5, 5.41) is 24.5. The summed E-state index contributed by atoms with van der Waals surface area (Å²) in [4.78, 5) is 12.5. The zero-order valence-electron chi connectivity index (χ0n) is 13.7. The van der Waals surface area contributed by atoms with Gasteiger partial charge in [-0.25, -0.2) is 4.68 Å². The second kappa shape index (κ2) is 6.62. The summed E-state index contributed by atoms with van der Waals surface area (Å²) in [6, 6.07) is 2.03. The average Bonchev–Trinajstić information content (AvgIpc) is 2.51. The maximum Gasteiger partial charge on any atom is 0.285 e. The minimum Gasteiger partial charge on any atom is -0.388 e. The molecule has 1 aliphatic rings. The minimum atomic E-state index is -0.880. The van der Waals surface area contributed by atoms with Crippen LogP contribution in [-0.4, -0.2) is 20.5 Å². The molecule has 120 valence electrons. The van der Waals surface area contributed by atoms with Gasteiger partial charge in [0.2, 0.25) is 0 Å². The van der Waals surface area contributed by atoms with E-state index in [1.54, 1.807) is 0 Å². The summed E-state index contributed by atoms with van der Waals surface area (Å²) in [7, 11) is 0. The van der Waals surface area contributed by atoms with Crippen LogP contribution >= 0.6 is 0 Å². The van der Waals surface area contributed by atoms with E-state index in [9.17, 15) is 15.2 Å². The molecule has 1 fully saturated rings. The molecule has 0 aliphatic heterocycles. The van der Waals surface area contributed by atoms with Gasteiger partial charge in [0.15, 0.2) is 0 Å². The first-order valence-electron chi connectivity index (χ1n) is 8.19. The molecule has 0 atom stereocenters. The van der Waals surface area contributed by atoms with Gasteiger partial charge in [-0.2, -0.15) is 10.4 Å². The van der Waals surface area contributed by atoms with Gasteiger partial charge in [-0.1, -0.05) is 20.8 Å². The monoisotopic (exact) mass is 303 g/mol. The number of aliphatic hydroxyl groups is 1. The summed E-state index contributed by atoms with van der Waals surface area (Å²) < 4.78 is 1.31. The predicted molar refractivity (Wildman–Crippen MR) is 84.5 cm³/mol. The summed E-state index contributed by atoms with van der Waals surface area (Å²) in [5.74, 6) is 0.619. The van der Waals surface area contributed by atoms with Gasteiger partial charge in [0.1, 0.15) is 11.6 Å². The molecular formula is C17H25N3O2. The van der Waals surface area contributed by atoms with Crippen molar-refractivity contribution in [2.75, 3.05) is 0 Å². The Kier molecular flexibility index (Phi) is 5.02. The predicted octanol–water partition coefficient (Wildman–Crippen LogP) is 2.18. The first kappa shape index (κ1) is 16.7. The SMILES string of the molecule is CCc1nn(CC2(O)CCC(C)CC2)c(=O)c(C#N)c1CC. The molecule has 5 heteroatoms. The molecule has 1 aromatic rings. The molecule has 0 saturated heterocycles. The topological polar surface area (TPSA) is 78.9 Å². The number of hydrogen-bond donors (Lipinski definition) is 1. The van der Waals surface area contributed by atoms with Crippen molar-refractivity contribution < 1.29 is 5.11 Å². The lowest BCUT2D eigenvalue weighted by atomic mass is 9.79. The molecule has 2 rings (SSSR count). The molecule has 0 radical (unpaired) electrons. The number of aromatic nitrogens is 2. The smallest absolute Gasteiger partial charge is 0.285 e. The molecule has 1 saturated carbocycles. The zero-order valence-corrected chi connectivity index (χ0v) is 13.7. The number of nitrogens with zero attached hydrogens (tertiary/aromatic N) is 3. The minimum absolute atomic E-state index is 0.183. The van der Waals surface area contributed by atoms with Crippen LogP contribution in [-0.2, 0) is 19.4 Å². The van der Waals surface area contributed by atoms with Crippen molar-refractivity contribution in [2.45, 2.75) is 71.4 Å². The molecule has 1 heterocycles. The van der Waals surface area contributed by atoms with E-state index in [0.29, 0.717) is 31.6 Å². The van der Waals surface area contributed by atoms with Crippen LogP contribution in [0.3, 0.4) is 0 Å². The Balaban J connectivity index is 2.40. The van der Waals surface area contributed by atoms with E-state index in [1.165, 1.54) is 4.68 Å². The van der Waals surface area contributed by atoms with Gasteiger partial charge in [-0.3, -0.25) is 4.79 Å². The average molecular weight is 303 g/mol. The van der Waals surface area contributed by atoms with Crippen molar-refractivity contribution in [2.24, 2.45) is 5.92 Å². The fourth-order valence-electron chi connectivity index (χ4n) is 3.28. The molecule has 5 nitrogen and oxygen atoms in total. The van der Waals surface area contributed by atoms with Crippen molar-refractivity contribution in [3.63, 3.8) is 0 Å². The van der Waals surface area contributed by atoms with Gasteiger partial charge in [0.25, 0.3) is 5.56 Å². The summed E-state index contributed by atoms with van der Waals surface area (Å²) in [5.41, 5.74) is 0.460. The van der Waals surface area contributed by atoms with Crippen LogP contribution in [0.15, 0.2) is 4.79 Å². The molecule has 0 amide bonds. The third kappa shape index (κ3) is 3.22.